The van der Waals surface area contributed by atoms with Crippen LogP contribution < -0.4 is 9.90 Å². The van der Waals surface area contributed by atoms with E-state index in [4.69, 9.17) is 4.84 Å². The molecule has 0 bridgehead atoms. The van der Waals surface area contributed by atoms with Crippen LogP contribution in [-0.4, -0.2) is 16.5 Å². The van der Waals surface area contributed by atoms with Crippen LogP contribution in [0.4, 0.5) is 5.95 Å². The molecule has 0 aliphatic rings. The first kappa shape index (κ1) is 11.1. The van der Waals surface area contributed by atoms with Crippen LogP contribution in [0.3, 0.4) is 0 Å². The predicted octanol–water partition coefficient (Wildman–Crippen LogP) is 2.46. The summed E-state index contributed by atoms with van der Waals surface area (Å²) in [6.07, 6.45) is 5.08. The van der Waals surface area contributed by atoms with Crippen molar-refractivity contribution in [2.75, 3.05) is 11.6 Å². The average molecular weight is 227 g/mol. The Hall–Kier alpha value is -2.36. The third-order valence-electron chi connectivity index (χ3n) is 2.03. The van der Waals surface area contributed by atoms with Crippen LogP contribution in [0, 0.1) is 0 Å². The summed E-state index contributed by atoms with van der Waals surface area (Å²) in [4.78, 5) is 13.9. The highest BCUT2D eigenvalue weighted by Crippen LogP contribution is 2.13. The maximum absolute atomic E-state index is 5.68. The molecule has 0 spiro atoms. The minimum atomic E-state index is 0.510. The first-order valence-corrected chi connectivity index (χ1v) is 5.28. The summed E-state index contributed by atoms with van der Waals surface area (Å²) in [7, 11) is 0. The van der Waals surface area contributed by atoms with Crippen molar-refractivity contribution in [1.29, 1.82) is 0 Å². The molecule has 0 atom stereocenters. The van der Waals surface area contributed by atoms with Crippen LogP contribution in [0.25, 0.3) is 0 Å². The molecule has 0 fully saturated rings. The first-order chi connectivity index (χ1) is 8.40. The molecule has 1 heterocycles. The Labute approximate surface area is 100 Å². The van der Waals surface area contributed by atoms with Crippen molar-refractivity contribution in [2.24, 2.45) is 0 Å². The lowest BCUT2D eigenvalue weighted by Gasteiger charge is -2.20. The molecule has 2 rings (SSSR count). The second kappa shape index (κ2) is 5.65. The van der Waals surface area contributed by atoms with Crippen LogP contribution >= 0.6 is 0 Å². The zero-order valence-corrected chi connectivity index (χ0v) is 9.36. The van der Waals surface area contributed by atoms with Gasteiger partial charge in [0.25, 0.3) is 5.95 Å². The van der Waals surface area contributed by atoms with Crippen molar-refractivity contribution in [3.8, 4) is 5.75 Å². The number of anilines is 1. The highest BCUT2D eigenvalue weighted by molar-refractivity contribution is 5.30. The molecule has 4 nitrogen and oxygen atoms in total. The molecular formula is C13H13N3O. The van der Waals surface area contributed by atoms with Crippen molar-refractivity contribution >= 4 is 5.95 Å². The third kappa shape index (κ3) is 3.04. The van der Waals surface area contributed by atoms with E-state index >= 15 is 0 Å². The van der Waals surface area contributed by atoms with E-state index in [2.05, 4.69) is 16.5 Å². The molecule has 0 N–H and O–H groups in total. The van der Waals surface area contributed by atoms with E-state index in [0.29, 0.717) is 12.5 Å². The maximum Gasteiger partial charge on any atom is 0.259 e. The standard InChI is InChI=1S/C13H13N3O/c1-2-11-16(13-14-9-6-10-15-13)17-12-7-4-3-5-8-12/h2-10H,1,11H2. The molecule has 1 aromatic carbocycles. The van der Waals surface area contributed by atoms with Gasteiger partial charge in [-0.3, -0.25) is 0 Å². The van der Waals surface area contributed by atoms with E-state index < -0.39 is 0 Å². The maximum atomic E-state index is 5.68. The number of rotatable bonds is 5. The van der Waals surface area contributed by atoms with Gasteiger partial charge < -0.3 is 4.84 Å². The Morgan fingerprint density at radius 2 is 1.82 bits per heavy atom. The summed E-state index contributed by atoms with van der Waals surface area (Å²) < 4.78 is 0. The van der Waals surface area contributed by atoms with Gasteiger partial charge in [-0.15, -0.1) is 6.58 Å². The summed E-state index contributed by atoms with van der Waals surface area (Å²) in [5, 5.41) is 1.59. The summed E-state index contributed by atoms with van der Waals surface area (Å²) in [6, 6.07) is 11.3. The van der Waals surface area contributed by atoms with Gasteiger partial charge >= 0.3 is 0 Å². The van der Waals surface area contributed by atoms with Crippen LogP contribution in [0.2, 0.25) is 0 Å². The number of benzene rings is 1. The van der Waals surface area contributed by atoms with Gasteiger partial charge in [0.2, 0.25) is 0 Å². The fourth-order valence-electron chi connectivity index (χ4n) is 1.31. The van der Waals surface area contributed by atoms with Gasteiger partial charge in [0, 0.05) is 12.4 Å². The molecule has 0 radical (unpaired) electrons. The summed E-state index contributed by atoms with van der Waals surface area (Å²) in [5.74, 6) is 1.25. The topological polar surface area (TPSA) is 38.2 Å². The lowest BCUT2D eigenvalue weighted by Crippen LogP contribution is -2.29. The van der Waals surface area contributed by atoms with E-state index in [0.717, 1.165) is 5.75 Å². The van der Waals surface area contributed by atoms with Gasteiger partial charge in [0.15, 0.2) is 5.75 Å². The number of hydrogen-bond acceptors (Lipinski definition) is 4. The fourth-order valence-corrected chi connectivity index (χ4v) is 1.31. The number of aromatic nitrogens is 2. The molecule has 0 saturated heterocycles. The van der Waals surface area contributed by atoms with Crippen LogP contribution in [-0.2, 0) is 0 Å². The monoisotopic (exact) mass is 227 g/mol. The SMILES string of the molecule is C=CCN(Oc1ccccc1)c1ncccn1. The number of hydroxylamine groups is 1. The van der Waals surface area contributed by atoms with E-state index in [1.807, 2.05) is 30.3 Å². The molecule has 2 aromatic rings. The summed E-state index contributed by atoms with van der Waals surface area (Å²) in [5.41, 5.74) is 0. The Balaban J connectivity index is 2.16. The van der Waals surface area contributed by atoms with E-state index in [-0.39, 0.29) is 0 Å². The van der Waals surface area contributed by atoms with Crippen molar-refractivity contribution in [3.05, 3.63) is 61.4 Å². The van der Waals surface area contributed by atoms with Crippen molar-refractivity contribution in [2.45, 2.75) is 0 Å². The highest BCUT2D eigenvalue weighted by atomic mass is 16.7. The molecule has 0 saturated carbocycles. The zero-order valence-electron chi connectivity index (χ0n) is 9.36. The molecule has 0 aliphatic carbocycles. The van der Waals surface area contributed by atoms with Crippen LogP contribution in [0.15, 0.2) is 61.4 Å². The Bertz CT molecular complexity index is 459. The Kier molecular flexibility index (Phi) is 3.70. The van der Waals surface area contributed by atoms with Gasteiger partial charge in [-0.1, -0.05) is 24.3 Å². The third-order valence-corrected chi connectivity index (χ3v) is 2.03. The van der Waals surface area contributed by atoms with E-state index in [9.17, 15) is 0 Å². The quantitative estimate of drug-likeness (QED) is 0.581. The molecular weight excluding hydrogens is 214 g/mol. The Morgan fingerprint density at radius 3 is 2.47 bits per heavy atom. The minimum absolute atomic E-state index is 0.510. The van der Waals surface area contributed by atoms with Gasteiger partial charge in [-0.2, -0.15) is 5.06 Å². The lowest BCUT2D eigenvalue weighted by atomic mass is 10.3. The molecule has 4 heteroatoms. The van der Waals surface area contributed by atoms with Crippen molar-refractivity contribution in [1.82, 2.24) is 9.97 Å². The second-order valence-electron chi connectivity index (χ2n) is 3.30. The van der Waals surface area contributed by atoms with Crippen molar-refractivity contribution in [3.63, 3.8) is 0 Å². The van der Waals surface area contributed by atoms with Gasteiger partial charge in [-0.25, -0.2) is 9.97 Å². The number of nitrogens with zero attached hydrogens (tertiary/aromatic N) is 3. The van der Waals surface area contributed by atoms with Crippen LogP contribution in [0.5, 0.6) is 5.75 Å². The smallest absolute Gasteiger partial charge is 0.259 e. The van der Waals surface area contributed by atoms with Gasteiger partial charge in [0.05, 0.1) is 6.54 Å². The molecule has 0 amide bonds. The molecule has 0 aliphatic heterocycles. The molecule has 1 aromatic heterocycles. The predicted molar refractivity (Wildman–Crippen MR) is 66.6 cm³/mol. The second-order valence-corrected chi connectivity index (χ2v) is 3.30. The van der Waals surface area contributed by atoms with E-state index in [1.54, 1.807) is 29.6 Å². The van der Waals surface area contributed by atoms with E-state index in [1.165, 1.54) is 0 Å². The summed E-state index contributed by atoms with van der Waals surface area (Å²) >= 11 is 0. The van der Waals surface area contributed by atoms with Crippen molar-refractivity contribution < 1.29 is 4.84 Å². The molecule has 0 unspecified atom stereocenters. The van der Waals surface area contributed by atoms with Crippen LogP contribution in [0.1, 0.15) is 0 Å². The molecule has 17 heavy (non-hydrogen) atoms. The normalized spacial score (nSPS) is 9.65. The lowest BCUT2D eigenvalue weighted by molar-refractivity contribution is 0.283. The zero-order chi connectivity index (χ0) is 11.9. The summed E-state index contributed by atoms with van der Waals surface area (Å²) in [6.45, 7) is 4.20. The average Bonchev–Trinajstić information content (AvgIpc) is 2.40. The minimum Gasteiger partial charge on any atom is -0.376 e. The Morgan fingerprint density at radius 1 is 1.12 bits per heavy atom. The highest BCUT2D eigenvalue weighted by Gasteiger charge is 2.08. The van der Waals surface area contributed by atoms with Gasteiger partial charge in [-0.05, 0) is 18.2 Å². The first-order valence-electron chi connectivity index (χ1n) is 5.28. The largest absolute Gasteiger partial charge is 0.376 e. The number of hydrogen-bond donors (Lipinski definition) is 0. The molecule has 86 valence electrons. The fraction of sp³-hybridized carbons (Fsp3) is 0.0769. The number of para-hydroxylation sites is 1. The van der Waals surface area contributed by atoms with Gasteiger partial charge in [0.1, 0.15) is 0 Å².